The largest absolute Gasteiger partial charge is 0.497 e. The Balaban J connectivity index is 1.78. The molecule has 1 heterocycles. The number of ether oxygens (including phenoxy) is 1. The van der Waals surface area contributed by atoms with Gasteiger partial charge in [0.05, 0.1) is 18.8 Å². The monoisotopic (exact) mass is 326 g/mol. The molecule has 0 bridgehead atoms. The van der Waals surface area contributed by atoms with Crippen LogP contribution < -0.4 is 15.0 Å². The molecule has 2 aromatic rings. The number of fused-ring (bicyclic) bond motifs is 1. The molecular formula is C19H19FN2O2. The fraction of sp³-hybridized carbons (Fsp3) is 0.316. The second-order valence-corrected chi connectivity index (χ2v) is 6.41. The molecule has 1 aliphatic heterocycles. The zero-order valence-electron chi connectivity index (χ0n) is 13.5. The third kappa shape index (κ3) is 2.70. The van der Waals surface area contributed by atoms with Crippen molar-refractivity contribution in [2.45, 2.75) is 18.9 Å². The van der Waals surface area contributed by atoms with Crippen molar-refractivity contribution in [2.75, 3.05) is 18.6 Å². The van der Waals surface area contributed by atoms with Crippen LogP contribution >= 0.6 is 0 Å². The first-order chi connectivity index (χ1) is 11.7. The minimum Gasteiger partial charge on any atom is -0.497 e. The molecule has 0 radical (unpaired) electrons. The van der Waals surface area contributed by atoms with Gasteiger partial charge in [-0.05, 0) is 54.7 Å². The van der Waals surface area contributed by atoms with Gasteiger partial charge in [-0.3, -0.25) is 4.90 Å². The van der Waals surface area contributed by atoms with Crippen LogP contribution in [0.1, 0.15) is 30.0 Å². The number of carbonyl (C=O) groups is 1. The summed E-state index contributed by atoms with van der Waals surface area (Å²) >= 11 is 0. The normalized spacial score (nSPS) is 19.7. The molecule has 0 saturated heterocycles. The van der Waals surface area contributed by atoms with Gasteiger partial charge in [-0.2, -0.15) is 0 Å². The molecule has 124 valence electrons. The molecule has 4 rings (SSSR count). The van der Waals surface area contributed by atoms with E-state index in [0.717, 1.165) is 29.1 Å². The minimum absolute atomic E-state index is 0.103. The fourth-order valence-electron chi connectivity index (χ4n) is 3.18. The number of hydrogen-bond donors (Lipinski definition) is 1. The molecule has 1 unspecified atom stereocenters. The molecule has 2 aliphatic rings. The number of amides is 2. The smallest absolute Gasteiger partial charge is 0.322 e. The first-order valence-corrected chi connectivity index (χ1v) is 8.17. The number of nitrogens with one attached hydrogen (secondary N) is 1. The summed E-state index contributed by atoms with van der Waals surface area (Å²) in [6.07, 6.45) is 2.35. The summed E-state index contributed by atoms with van der Waals surface area (Å²) in [7, 11) is 1.62. The van der Waals surface area contributed by atoms with E-state index in [-0.39, 0.29) is 17.9 Å². The van der Waals surface area contributed by atoms with E-state index in [0.29, 0.717) is 5.92 Å². The van der Waals surface area contributed by atoms with Crippen molar-refractivity contribution in [1.82, 2.24) is 5.32 Å². The number of carbonyl (C=O) groups excluding carboxylic acids is 1. The van der Waals surface area contributed by atoms with Gasteiger partial charge < -0.3 is 10.1 Å². The van der Waals surface area contributed by atoms with Crippen LogP contribution in [0.2, 0.25) is 0 Å². The van der Waals surface area contributed by atoms with E-state index in [9.17, 15) is 9.18 Å². The highest BCUT2D eigenvalue weighted by Gasteiger charge is 2.35. The van der Waals surface area contributed by atoms with Crippen molar-refractivity contribution in [1.29, 1.82) is 0 Å². The Labute approximate surface area is 140 Å². The van der Waals surface area contributed by atoms with Crippen LogP contribution in [0.4, 0.5) is 14.9 Å². The van der Waals surface area contributed by atoms with Gasteiger partial charge in [0.25, 0.3) is 0 Å². The van der Waals surface area contributed by atoms with E-state index in [2.05, 4.69) is 5.32 Å². The lowest BCUT2D eigenvalue weighted by atomic mass is 9.94. The van der Waals surface area contributed by atoms with E-state index in [1.165, 1.54) is 25.0 Å². The third-order valence-electron chi connectivity index (χ3n) is 4.69. The van der Waals surface area contributed by atoms with E-state index in [4.69, 9.17) is 4.74 Å². The van der Waals surface area contributed by atoms with Crippen LogP contribution in [-0.2, 0) is 0 Å². The molecule has 0 spiro atoms. The van der Waals surface area contributed by atoms with Crippen LogP contribution in [-0.4, -0.2) is 19.7 Å². The number of benzene rings is 2. The summed E-state index contributed by atoms with van der Waals surface area (Å²) in [6.45, 7) is 0.737. The highest BCUT2D eigenvalue weighted by atomic mass is 19.1. The fourth-order valence-corrected chi connectivity index (χ4v) is 3.18. The van der Waals surface area contributed by atoms with Crippen LogP contribution in [0, 0.1) is 11.7 Å². The van der Waals surface area contributed by atoms with Crippen LogP contribution in [0.15, 0.2) is 42.5 Å². The lowest BCUT2D eigenvalue weighted by molar-refractivity contribution is 0.242. The molecule has 1 N–H and O–H groups in total. The molecule has 4 nitrogen and oxygen atoms in total. The summed E-state index contributed by atoms with van der Waals surface area (Å²) in [5.41, 5.74) is 2.73. The summed E-state index contributed by atoms with van der Waals surface area (Å²) in [5, 5.41) is 3.05. The van der Waals surface area contributed by atoms with Gasteiger partial charge in [-0.25, -0.2) is 9.18 Å². The lowest BCUT2D eigenvalue weighted by Gasteiger charge is -2.35. The van der Waals surface area contributed by atoms with Crippen LogP contribution in [0.3, 0.4) is 0 Å². The predicted octanol–water partition coefficient (Wildman–Crippen LogP) is 3.86. The number of hydrogen-bond acceptors (Lipinski definition) is 2. The predicted molar refractivity (Wildman–Crippen MR) is 89.8 cm³/mol. The van der Waals surface area contributed by atoms with Crippen LogP contribution in [0.5, 0.6) is 5.75 Å². The summed E-state index contributed by atoms with van der Waals surface area (Å²) in [6, 6.07) is 11.6. The Bertz CT molecular complexity index is 771. The Kier molecular flexibility index (Phi) is 3.63. The van der Waals surface area contributed by atoms with Crippen molar-refractivity contribution in [3.63, 3.8) is 0 Å². The maximum absolute atomic E-state index is 13.2. The Morgan fingerprint density at radius 3 is 2.62 bits per heavy atom. The number of nitrogens with zero attached hydrogens (tertiary/aromatic N) is 1. The quantitative estimate of drug-likeness (QED) is 0.927. The van der Waals surface area contributed by atoms with Crippen LogP contribution in [0.25, 0.3) is 0 Å². The molecular weight excluding hydrogens is 307 g/mol. The molecule has 1 saturated carbocycles. The number of rotatable bonds is 4. The molecule has 1 fully saturated rings. The highest BCUT2D eigenvalue weighted by molar-refractivity contribution is 5.96. The van der Waals surface area contributed by atoms with E-state index in [1.54, 1.807) is 19.2 Å². The average Bonchev–Trinajstić information content (AvgIpc) is 3.41. The molecule has 1 aliphatic carbocycles. The van der Waals surface area contributed by atoms with Gasteiger partial charge >= 0.3 is 6.03 Å². The van der Waals surface area contributed by atoms with E-state index < -0.39 is 0 Å². The lowest BCUT2D eigenvalue weighted by Crippen LogP contribution is -2.47. The first-order valence-electron chi connectivity index (χ1n) is 8.17. The van der Waals surface area contributed by atoms with Gasteiger partial charge in [0.2, 0.25) is 0 Å². The van der Waals surface area contributed by atoms with E-state index >= 15 is 0 Å². The Hall–Kier alpha value is -2.56. The summed E-state index contributed by atoms with van der Waals surface area (Å²) in [4.78, 5) is 14.4. The van der Waals surface area contributed by atoms with Crippen molar-refractivity contribution in [3.8, 4) is 5.75 Å². The topological polar surface area (TPSA) is 41.6 Å². The zero-order valence-corrected chi connectivity index (χ0v) is 13.5. The Morgan fingerprint density at radius 2 is 1.96 bits per heavy atom. The molecule has 0 aromatic heterocycles. The third-order valence-corrected chi connectivity index (χ3v) is 4.69. The van der Waals surface area contributed by atoms with Gasteiger partial charge in [0.1, 0.15) is 11.6 Å². The maximum Gasteiger partial charge on any atom is 0.322 e. The standard InChI is InChI=1S/C19H19FN2O2/c1-24-15-8-9-17-16(10-15)18(13-4-6-14(20)7-5-13)21-19(23)22(17)11-12-2-3-12/h4-10,12,18H,2-3,11H2,1H3,(H,21,23). The summed E-state index contributed by atoms with van der Waals surface area (Å²) < 4.78 is 18.6. The van der Waals surface area contributed by atoms with Gasteiger partial charge in [-0.15, -0.1) is 0 Å². The zero-order chi connectivity index (χ0) is 16.7. The second kappa shape index (κ2) is 5.82. The molecule has 5 heteroatoms. The molecule has 1 atom stereocenters. The second-order valence-electron chi connectivity index (χ2n) is 6.41. The molecule has 2 aromatic carbocycles. The van der Waals surface area contributed by atoms with Gasteiger partial charge in [0.15, 0.2) is 0 Å². The number of halogens is 1. The Morgan fingerprint density at radius 1 is 1.21 bits per heavy atom. The molecule has 2 amide bonds. The van der Waals surface area contributed by atoms with Gasteiger partial charge in [0, 0.05) is 12.1 Å². The highest BCUT2D eigenvalue weighted by Crippen LogP contribution is 2.40. The SMILES string of the molecule is COc1ccc2c(c1)C(c1ccc(F)cc1)NC(=O)N2CC1CC1. The first kappa shape index (κ1) is 15.0. The van der Waals surface area contributed by atoms with Crippen molar-refractivity contribution in [3.05, 3.63) is 59.4 Å². The average molecular weight is 326 g/mol. The van der Waals surface area contributed by atoms with Crippen molar-refractivity contribution >= 4 is 11.7 Å². The maximum atomic E-state index is 13.2. The van der Waals surface area contributed by atoms with Crippen molar-refractivity contribution in [2.24, 2.45) is 5.92 Å². The number of urea groups is 1. The number of methoxy groups -OCH3 is 1. The van der Waals surface area contributed by atoms with Gasteiger partial charge in [-0.1, -0.05) is 12.1 Å². The molecule has 24 heavy (non-hydrogen) atoms. The minimum atomic E-state index is -0.307. The van der Waals surface area contributed by atoms with Crippen molar-refractivity contribution < 1.29 is 13.9 Å². The number of anilines is 1. The van der Waals surface area contributed by atoms with E-state index in [1.807, 2.05) is 23.1 Å². The summed E-state index contributed by atoms with van der Waals surface area (Å²) in [5.74, 6) is 1.04.